The number of likely N-dealkylation sites (tertiary alicyclic amines) is 1. The zero-order chi connectivity index (χ0) is 20.6. The van der Waals surface area contributed by atoms with Gasteiger partial charge in [0.25, 0.3) is 0 Å². The standard InChI is InChI=1S/C22H27ClN4O2/c1-16-6-4-10-20(25-16)26-22(29)18-8-5-12-27(15-18)13-11-21(28)24-14-17-7-2-3-9-19(17)23/h2-4,6-7,9-10,18H,5,8,11-15H2,1H3,(H,24,28)(H,25,26,29). The molecule has 1 aromatic heterocycles. The second-order valence-electron chi connectivity index (χ2n) is 7.41. The first-order chi connectivity index (χ1) is 14.0. The van der Waals surface area contributed by atoms with Gasteiger partial charge in [0.15, 0.2) is 0 Å². The molecule has 1 atom stereocenters. The number of aryl methyl sites for hydroxylation is 1. The van der Waals surface area contributed by atoms with Crippen LogP contribution in [0.25, 0.3) is 0 Å². The summed E-state index contributed by atoms with van der Waals surface area (Å²) >= 11 is 6.12. The summed E-state index contributed by atoms with van der Waals surface area (Å²) in [5.74, 6) is 0.486. The van der Waals surface area contributed by atoms with E-state index in [0.717, 1.165) is 30.6 Å². The molecule has 1 fully saturated rings. The Kier molecular flexibility index (Phi) is 7.61. The van der Waals surface area contributed by atoms with Gasteiger partial charge in [-0.1, -0.05) is 35.9 Å². The van der Waals surface area contributed by atoms with Crippen molar-refractivity contribution in [2.45, 2.75) is 32.7 Å². The first-order valence-corrected chi connectivity index (χ1v) is 10.4. The van der Waals surface area contributed by atoms with Crippen LogP contribution >= 0.6 is 11.6 Å². The molecule has 1 aromatic carbocycles. The summed E-state index contributed by atoms with van der Waals surface area (Å²) < 4.78 is 0. The van der Waals surface area contributed by atoms with Crippen LogP contribution in [0.15, 0.2) is 42.5 Å². The average molecular weight is 415 g/mol. The van der Waals surface area contributed by atoms with Gasteiger partial charge in [0.2, 0.25) is 11.8 Å². The van der Waals surface area contributed by atoms with Crippen LogP contribution in [-0.2, 0) is 16.1 Å². The molecule has 2 N–H and O–H groups in total. The van der Waals surface area contributed by atoms with E-state index < -0.39 is 0 Å². The number of hydrogen-bond acceptors (Lipinski definition) is 4. The Balaban J connectivity index is 1.42. The highest BCUT2D eigenvalue weighted by Crippen LogP contribution is 2.19. The van der Waals surface area contributed by atoms with Gasteiger partial charge in [-0.25, -0.2) is 4.98 Å². The lowest BCUT2D eigenvalue weighted by molar-refractivity contribution is -0.122. The molecule has 7 heteroatoms. The van der Waals surface area contributed by atoms with E-state index in [9.17, 15) is 9.59 Å². The van der Waals surface area contributed by atoms with Crippen LogP contribution in [0.1, 0.15) is 30.5 Å². The van der Waals surface area contributed by atoms with Crippen LogP contribution in [0.5, 0.6) is 0 Å². The minimum absolute atomic E-state index is 0.00373. The van der Waals surface area contributed by atoms with E-state index >= 15 is 0 Å². The number of anilines is 1. The molecule has 1 unspecified atom stereocenters. The Hall–Kier alpha value is -2.44. The van der Waals surface area contributed by atoms with Crippen molar-refractivity contribution in [2.24, 2.45) is 5.92 Å². The predicted octanol–water partition coefficient (Wildman–Crippen LogP) is 3.40. The van der Waals surface area contributed by atoms with Gasteiger partial charge in [0, 0.05) is 36.8 Å². The zero-order valence-electron chi connectivity index (χ0n) is 16.7. The number of nitrogens with one attached hydrogen (secondary N) is 2. The molecule has 0 aliphatic carbocycles. The highest BCUT2D eigenvalue weighted by molar-refractivity contribution is 6.31. The van der Waals surface area contributed by atoms with Crippen molar-refractivity contribution in [1.29, 1.82) is 0 Å². The fourth-order valence-electron chi connectivity index (χ4n) is 3.50. The summed E-state index contributed by atoms with van der Waals surface area (Å²) in [5.41, 5.74) is 1.78. The van der Waals surface area contributed by atoms with E-state index in [1.165, 1.54) is 0 Å². The summed E-state index contributed by atoms with van der Waals surface area (Å²) in [5, 5.41) is 6.48. The van der Waals surface area contributed by atoms with Crippen molar-refractivity contribution in [3.05, 3.63) is 58.7 Å². The number of aromatic nitrogens is 1. The molecule has 154 valence electrons. The van der Waals surface area contributed by atoms with Crippen molar-refractivity contribution in [2.75, 3.05) is 25.0 Å². The van der Waals surface area contributed by atoms with E-state index in [-0.39, 0.29) is 17.7 Å². The van der Waals surface area contributed by atoms with Gasteiger partial charge in [-0.05, 0) is 50.1 Å². The molecular weight excluding hydrogens is 388 g/mol. The smallest absolute Gasteiger partial charge is 0.229 e. The van der Waals surface area contributed by atoms with E-state index in [4.69, 9.17) is 11.6 Å². The van der Waals surface area contributed by atoms with Crippen LogP contribution in [0.4, 0.5) is 5.82 Å². The van der Waals surface area contributed by atoms with Gasteiger partial charge in [0.1, 0.15) is 5.82 Å². The summed E-state index contributed by atoms with van der Waals surface area (Å²) in [6.07, 6.45) is 2.20. The van der Waals surface area contributed by atoms with E-state index in [2.05, 4.69) is 20.5 Å². The number of benzene rings is 1. The summed E-state index contributed by atoms with van der Waals surface area (Å²) in [6, 6.07) is 13.1. The highest BCUT2D eigenvalue weighted by atomic mass is 35.5. The number of piperidine rings is 1. The van der Waals surface area contributed by atoms with Gasteiger partial charge >= 0.3 is 0 Å². The van der Waals surface area contributed by atoms with Gasteiger partial charge in [-0.2, -0.15) is 0 Å². The van der Waals surface area contributed by atoms with Crippen molar-refractivity contribution in [1.82, 2.24) is 15.2 Å². The average Bonchev–Trinajstić information content (AvgIpc) is 2.72. The molecular formula is C22H27ClN4O2. The van der Waals surface area contributed by atoms with Gasteiger partial charge in [-0.3, -0.25) is 9.59 Å². The number of hydrogen-bond donors (Lipinski definition) is 2. The Labute approximate surface area is 176 Å². The first kappa shape index (κ1) is 21.3. The highest BCUT2D eigenvalue weighted by Gasteiger charge is 2.26. The Morgan fingerprint density at radius 2 is 2.03 bits per heavy atom. The maximum Gasteiger partial charge on any atom is 0.229 e. The second kappa shape index (κ2) is 10.4. The van der Waals surface area contributed by atoms with Gasteiger partial charge < -0.3 is 15.5 Å². The lowest BCUT2D eigenvalue weighted by atomic mass is 9.97. The van der Waals surface area contributed by atoms with Crippen LogP contribution in [0.2, 0.25) is 5.02 Å². The van der Waals surface area contributed by atoms with E-state index in [1.807, 2.05) is 43.3 Å². The largest absolute Gasteiger partial charge is 0.352 e. The number of nitrogens with zero attached hydrogens (tertiary/aromatic N) is 2. The molecule has 1 saturated heterocycles. The number of pyridine rings is 1. The molecule has 2 aromatic rings. The third-order valence-electron chi connectivity index (χ3n) is 5.10. The third kappa shape index (κ3) is 6.54. The van der Waals surface area contributed by atoms with Crippen LogP contribution < -0.4 is 10.6 Å². The number of carbonyl (C=O) groups is 2. The monoisotopic (exact) mass is 414 g/mol. The SMILES string of the molecule is Cc1cccc(NC(=O)C2CCCN(CCC(=O)NCc3ccccc3Cl)C2)n1. The number of rotatable bonds is 7. The van der Waals surface area contributed by atoms with Crippen LogP contribution in [-0.4, -0.2) is 41.3 Å². The number of amides is 2. The number of carbonyl (C=O) groups excluding carboxylic acids is 2. The molecule has 6 nitrogen and oxygen atoms in total. The van der Waals surface area contributed by atoms with Gasteiger partial charge in [-0.15, -0.1) is 0 Å². The van der Waals surface area contributed by atoms with Crippen molar-refractivity contribution >= 4 is 29.2 Å². The molecule has 3 rings (SSSR count). The minimum atomic E-state index is -0.0859. The van der Waals surface area contributed by atoms with E-state index in [0.29, 0.717) is 36.9 Å². The molecule has 0 radical (unpaired) electrons. The molecule has 0 saturated carbocycles. The molecule has 2 amide bonds. The summed E-state index contributed by atoms with van der Waals surface area (Å²) in [7, 11) is 0. The maximum absolute atomic E-state index is 12.6. The molecule has 0 bridgehead atoms. The lowest BCUT2D eigenvalue weighted by Gasteiger charge is -2.31. The van der Waals surface area contributed by atoms with Crippen molar-refractivity contribution < 1.29 is 9.59 Å². The second-order valence-corrected chi connectivity index (χ2v) is 7.82. The molecule has 1 aliphatic heterocycles. The fraction of sp³-hybridized carbons (Fsp3) is 0.409. The number of halogens is 1. The maximum atomic E-state index is 12.6. The quantitative estimate of drug-likeness (QED) is 0.728. The normalized spacial score (nSPS) is 17.0. The Morgan fingerprint density at radius 3 is 2.83 bits per heavy atom. The van der Waals surface area contributed by atoms with Crippen molar-refractivity contribution in [3.8, 4) is 0 Å². The summed E-state index contributed by atoms with van der Waals surface area (Å²) in [4.78, 5) is 31.3. The molecule has 0 spiro atoms. The Morgan fingerprint density at radius 1 is 1.21 bits per heavy atom. The predicted molar refractivity (Wildman–Crippen MR) is 115 cm³/mol. The fourth-order valence-corrected chi connectivity index (χ4v) is 3.70. The lowest BCUT2D eigenvalue weighted by Crippen LogP contribution is -2.42. The van der Waals surface area contributed by atoms with E-state index in [1.54, 1.807) is 6.07 Å². The Bertz CT molecular complexity index is 858. The molecule has 29 heavy (non-hydrogen) atoms. The minimum Gasteiger partial charge on any atom is -0.352 e. The topological polar surface area (TPSA) is 74.3 Å². The van der Waals surface area contributed by atoms with Crippen molar-refractivity contribution in [3.63, 3.8) is 0 Å². The van der Waals surface area contributed by atoms with Crippen LogP contribution in [0, 0.1) is 12.8 Å². The molecule has 2 heterocycles. The van der Waals surface area contributed by atoms with Gasteiger partial charge in [0.05, 0.1) is 5.92 Å². The first-order valence-electron chi connectivity index (χ1n) is 9.98. The summed E-state index contributed by atoms with van der Waals surface area (Å²) in [6.45, 7) is 4.53. The zero-order valence-corrected chi connectivity index (χ0v) is 17.4. The molecule has 1 aliphatic rings. The third-order valence-corrected chi connectivity index (χ3v) is 5.47. The van der Waals surface area contributed by atoms with Crippen LogP contribution in [0.3, 0.4) is 0 Å².